The predicted molar refractivity (Wildman–Crippen MR) is 161 cm³/mol. The van der Waals surface area contributed by atoms with E-state index in [1.807, 2.05) is 0 Å². The summed E-state index contributed by atoms with van der Waals surface area (Å²) < 4.78 is 4.91. The number of nitrogens with zero attached hydrogens (tertiary/aromatic N) is 2. The highest BCUT2D eigenvalue weighted by Crippen LogP contribution is 2.40. The second-order valence-corrected chi connectivity index (χ2v) is 10.9. The van der Waals surface area contributed by atoms with Crippen LogP contribution >= 0.6 is 0 Å². The topological polar surface area (TPSA) is 9.86 Å². The minimum atomic E-state index is 0.687. The van der Waals surface area contributed by atoms with Crippen molar-refractivity contribution in [3.63, 3.8) is 0 Å². The molecule has 0 N–H and O–H groups in total. The van der Waals surface area contributed by atoms with Gasteiger partial charge in [-0.3, -0.25) is 0 Å². The van der Waals surface area contributed by atoms with Crippen LogP contribution in [-0.4, -0.2) is 9.13 Å². The Kier molecular flexibility index (Phi) is 4.94. The van der Waals surface area contributed by atoms with Gasteiger partial charge < -0.3 is 9.13 Å². The highest BCUT2D eigenvalue weighted by atomic mass is 15.0. The van der Waals surface area contributed by atoms with Crippen LogP contribution in [0, 0.1) is 0 Å². The van der Waals surface area contributed by atoms with Crippen molar-refractivity contribution in [2.24, 2.45) is 0 Å². The second-order valence-electron chi connectivity index (χ2n) is 10.9. The van der Waals surface area contributed by atoms with E-state index in [4.69, 9.17) is 0 Å². The molecule has 2 heterocycles. The number of benzene rings is 5. The van der Waals surface area contributed by atoms with Gasteiger partial charge in [0, 0.05) is 32.9 Å². The van der Waals surface area contributed by atoms with E-state index in [1.54, 1.807) is 0 Å². The minimum absolute atomic E-state index is 0.687. The third-order valence-corrected chi connectivity index (χ3v) is 8.69. The Morgan fingerprint density at radius 3 is 1.63 bits per heavy atom. The number of hydrogen-bond donors (Lipinski definition) is 0. The Morgan fingerprint density at radius 2 is 0.974 bits per heavy atom. The van der Waals surface area contributed by atoms with E-state index in [0.29, 0.717) is 5.92 Å². The van der Waals surface area contributed by atoms with E-state index in [1.165, 1.54) is 92.7 Å². The van der Waals surface area contributed by atoms with Gasteiger partial charge in [-0.15, -0.1) is 0 Å². The lowest BCUT2D eigenvalue weighted by Crippen LogP contribution is -2.05. The molecule has 1 fully saturated rings. The number of para-hydroxylation sites is 3. The van der Waals surface area contributed by atoms with Gasteiger partial charge in [-0.05, 0) is 72.9 Å². The SMILES string of the molecule is c1ccc(-n2c3ccccc3c3cc4c(cc32)c2ccccc2n4-c2cccc(C3CCCCC3)c2)cc1. The van der Waals surface area contributed by atoms with E-state index in [0.717, 1.165) is 0 Å². The predicted octanol–water partition coefficient (Wildman–Crippen LogP) is 9.93. The first-order valence-corrected chi connectivity index (χ1v) is 14.0. The Balaban J connectivity index is 1.45. The summed E-state index contributed by atoms with van der Waals surface area (Å²) in [5, 5.41) is 5.19. The summed E-state index contributed by atoms with van der Waals surface area (Å²) in [6, 6.07) is 42.6. The molecule has 1 aliphatic rings. The van der Waals surface area contributed by atoms with Crippen LogP contribution in [0.1, 0.15) is 43.6 Å². The molecule has 0 unspecified atom stereocenters. The van der Waals surface area contributed by atoms with Crippen molar-refractivity contribution >= 4 is 43.6 Å². The summed E-state index contributed by atoms with van der Waals surface area (Å²) in [6.07, 6.45) is 6.73. The molecule has 184 valence electrons. The normalized spacial score (nSPS) is 14.7. The third-order valence-electron chi connectivity index (χ3n) is 8.69. The summed E-state index contributed by atoms with van der Waals surface area (Å²) in [6.45, 7) is 0. The van der Waals surface area contributed by atoms with Gasteiger partial charge in [0.05, 0.1) is 22.1 Å². The molecule has 0 atom stereocenters. The maximum absolute atomic E-state index is 2.49. The first-order valence-electron chi connectivity index (χ1n) is 14.0. The van der Waals surface area contributed by atoms with E-state index in [2.05, 4.69) is 124 Å². The lowest BCUT2D eigenvalue weighted by atomic mass is 9.84. The summed E-state index contributed by atoms with van der Waals surface area (Å²) in [5.41, 5.74) is 9.00. The average molecular weight is 491 g/mol. The Labute approximate surface area is 222 Å². The molecule has 8 rings (SSSR count). The molecule has 0 amide bonds. The molecule has 38 heavy (non-hydrogen) atoms. The monoisotopic (exact) mass is 490 g/mol. The maximum atomic E-state index is 2.49. The van der Waals surface area contributed by atoms with Crippen LogP contribution in [0.15, 0.2) is 115 Å². The van der Waals surface area contributed by atoms with Gasteiger partial charge in [0.2, 0.25) is 0 Å². The molecule has 1 aliphatic carbocycles. The molecule has 2 heteroatoms. The fourth-order valence-corrected chi connectivity index (χ4v) is 6.92. The minimum Gasteiger partial charge on any atom is -0.309 e. The molecular formula is C36H30N2. The van der Waals surface area contributed by atoms with E-state index < -0.39 is 0 Å². The lowest BCUT2D eigenvalue weighted by Gasteiger charge is -2.22. The molecule has 0 aliphatic heterocycles. The molecule has 2 aromatic heterocycles. The van der Waals surface area contributed by atoms with Crippen molar-refractivity contribution in [3.05, 3.63) is 121 Å². The summed E-state index contributed by atoms with van der Waals surface area (Å²) in [4.78, 5) is 0. The van der Waals surface area contributed by atoms with Crippen molar-refractivity contribution < 1.29 is 0 Å². The Morgan fingerprint density at radius 1 is 0.421 bits per heavy atom. The van der Waals surface area contributed by atoms with Crippen LogP contribution in [-0.2, 0) is 0 Å². The quantitative estimate of drug-likeness (QED) is 0.233. The van der Waals surface area contributed by atoms with E-state index in [9.17, 15) is 0 Å². The maximum Gasteiger partial charge on any atom is 0.0548 e. The summed E-state index contributed by atoms with van der Waals surface area (Å²) in [7, 11) is 0. The van der Waals surface area contributed by atoms with Gasteiger partial charge in [0.1, 0.15) is 0 Å². The van der Waals surface area contributed by atoms with Crippen LogP contribution < -0.4 is 0 Å². The zero-order valence-corrected chi connectivity index (χ0v) is 21.5. The van der Waals surface area contributed by atoms with Gasteiger partial charge in [-0.2, -0.15) is 0 Å². The lowest BCUT2D eigenvalue weighted by molar-refractivity contribution is 0.443. The standard InChI is InChI=1S/C36H30N2/c1-3-12-25(13-4-1)26-14-11-17-28(22-26)38-34-21-10-8-19-30(34)32-23-35-31(24-36(32)38)29-18-7-9-20-33(29)37(35)27-15-5-2-6-16-27/h2,5-11,14-25H,1,3-4,12-13H2. The van der Waals surface area contributed by atoms with Crippen molar-refractivity contribution in [2.75, 3.05) is 0 Å². The first kappa shape index (κ1) is 21.8. The van der Waals surface area contributed by atoms with Crippen molar-refractivity contribution in [2.45, 2.75) is 38.0 Å². The summed E-state index contributed by atoms with van der Waals surface area (Å²) in [5.74, 6) is 0.687. The Bertz CT molecular complexity index is 1950. The summed E-state index contributed by atoms with van der Waals surface area (Å²) >= 11 is 0. The fourth-order valence-electron chi connectivity index (χ4n) is 6.92. The highest BCUT2D eigenvalue weighted by molar-refractivity contribution is 6.19. The molecular weight excluding hydrogens is 460 g/mol. The van der Waals surface area contributed by atoms with Crippen molar-refractivity contribution in [1.82, 2.24) is 9.13 Å². The van der Waals surface area contributed by atoms with Gasteiger partial charge in [0.15, 0.2) is 0 Å². The Hall–Kier alpha value is -4.30. The van der Waals surface area contributed by atoms with Crippen molar-refractivity contribution in [3.8, 4) is 11.4 Å². The van der Waals surface area contributed by atoms with Gasteiger partial charge in [0.25, 0.3) is 0 Å². The molecule has 0 spiro atoms. The van der Waals surface area contributed by atoms with Crippen LogP contribution in [0.25, 0.3) is 55.0 Å². The van der Waals surface area contributed by atoms with E-state index >= 15 is 0 Å². The number of hydrogen-bond acceptors (Lipinski definition) is 0. The second kappa shape index (κ2) is 8.63. The fraction of sp³-hybridized carbons (Fsp3) is 0.167. The van der Waals surface area contributed by atoms with Crippen LogP contribution in [0.5, 0.6) is 0 Å². The molecule has 2 nitrogen and oxygen atoms in total. The largest absolute Gasteiger partial charge is 0.309 e. The number of rotatable bonds is 3. The zero-order valence-electron chi connectivity index (χ0n) is 21.5. The van der Waals surface area contributed by atoms with Gasteiger partial charge in [-0.25, -0.2) is 0 Å². The molecule has 5 aromatic carbocycles. The number of aromatic nitrogens is 2. The molecule has 0 bridgehead atoms. The average Bonchev–Trinajstić information content (AvgIpc) is 3.49. The van der Waals surface area contributed by atoms with Gasteiger partial charge in [-0.1, -0.05) is 86.0 Å². The van der Waals surface area contributed by atoms with Crippen LogP contribution in [0.4, 0.5) is 0 Å². The number of fused-ring (bicyclic) bond motifs is 6. The van der Waals surface area contributed by atoms with Crippen LogP contribution in [0.3, 0.4) is 0 Å². The smallest absolute Gasteiger partial charge is 0.0548 e. The molecule has 0 saturated heterocycles. The van der Waals surface area contributed by atoms with Crippen molar-refractivity contribution in [1.29, 1.82) is 0 Å². The molecule has 7 aromatic rings. The van der Waals surface area contributed by atoms with Crippen LogP contribution in [0.2, 0.25) is 0 Å². The van der Waals surface area contributed by atoms with E-state index in [-0.39, 0.29) is 0 Å². The van der Waals surface area contributed by atoms with Gasteiger partial charge >= 0.3 is 0 Å². The molecule has 0 radical (unpaired) electrons. The highest BCUT2D eigenvalue weighted by Gasteiger charge is 2.20. The third kappa shape index (κ3) is 3.26. The zero-order chi connectivity index (χ0) is 25.1. The molecule has 1 saturated carbocycles. The first-order chi connectivity index (χ1) is 18.9.